The molecule has 2 aliphatic rings. The number of carbonyl (C=O) groups is 1. The molecule has 2 fully saturated rings. The van der Waals surface area contributed by atoms with Gasteiger partial charge in [0.25, 0.3) is 0 Å². The fraction of sp³-hybridized carbons (Fsp3) is 0.929. The van der Waals surface area contributed by atoms with Crippen molar-refractivity contribution in [2.24, 2.45) is 5.92 Å². The number of ether oxygens (including phenoxy) is 1. The molecule has 1 saturated heterocycles. The molecule has 110 valence electrons. The van der Waals surface area contributed by atoms with E-state index >= 15 is 0 Å². The molecule has 1 saturated carbocycles. The molecule has 1 aliphatic carbocycles. The zero-order valence-corrected chi connectivity index (χ0v) is 12.2. The minimum atomic E-state index is -0.653. The van der Waals surface area contributed by atoms with Crippen LogP contribution in [0, 0.1) is 5.92 Å². The van der Waals surface area contributed by atoms with Gasteiger partial charge in [-0.3, -0.25) is 0 Å². The third kappa shape index (κ3) is 3.60. The van der Waals surface area contributed by atoms with Gasteiger partial charge in [-0.2, -0.15) is 0 Å². The summed E-state index contributed by atoms with van der Waals surface area (Å²) in [5.74, 6) is 0.134. The SMILES string of the molecule is CC(C)(C)OC(=O)NC1CCCCC1C1(O)CNC1. The first-order valence-electron chi connectivity index (χ1n) is 7.23. The van der Waals surface area contributed by atoms with E-state index in [-0.39, 0.29) is 18.1 Å². The number of rotatable bonds is 2. The highest BCUT2D eigenvalue weighted by molar-refractivity contribution is 5.68. The van der Waals surface area contributed by atoms with Crippen molar-refractivity contribution in [1.29, 1.82) is 0 Å². The summed E-state index contributed by atoms with van der Waals surface area (Å²) in [7, 11) is 0. The zero-order chi connectivity index (χ0) is 14.1. The largest absolute Gasteiger partial charge is 0.444 e. The molecular weight excluding hydrogens is 244 g/mol. The van der Waals surface area contributed by atoms with Crippen LogP contribution in [0.15, 0.2) is 0 Å². The number of hydrogen-bond acceptors (Lipinski definition) is 4. The highest BCUT2D eigenvalue weighted by Gasteiger charge is 2.47. The van der Waals surface area contributed by atoms with Crippen LogP contribution < -0.4 is 10.6 Å². The summed E-state index contributed by atoms with van der Waals surface area (Å²) in [6.45, 7) is 6.82. The van der Waals surface area contributed by atoms with Crippen LogP contribution in [0.1, 0.15) is 46.5 Å². The summed E-state index contributed by atoms with van der Waals surface area (Å²) < 4.78 is 5.31. The summed E-state index contributed by atoms with van der Waals surface area (Å²) in [6.07, 6.45) is 3.74. The fourth-order valence-electron chi connectivity index (χ4n) is 3.05. The van der Waals surface area contributed by atoms with E-state index in [1.54, 1.807) is 0 Å². The van der Waals surface area contributed by atoms with Crippen molar-refractivity contribution in [2.45, 2.75) is 63.7 Å². The lowest BCUT2D eigenvalue weighted by atomic mass is 9.71. The van der Waals surface area contributed by atoms with Crippen molar-refractivity contribution in [3.05, 3.63) is 0 Å². The van der Waals surface area contributed by atoms with Crippen LogP contribution in [0.3, 0.4) is 0 Å². The van der Waals surface area contributed by atoms with Crippen LogP contribution in [0.5, 0.6) is 0 Å². The van der Waals surface area contributed by atoms with Crippen molar-refractivity contribution in [3.63, 3.8) is 0 Å². The van der Waals surface area contributed by atoms with Gasteiger partial charge in [0.15, 0.2) is 0 Å². The first-order valence-corrected chi connectivity index (χ1v) is 7.23. The molecular formula is C14H26N2O3. The van der Waals surface area contributed by atoms with E-state index in [0.717, 1.165) is 25.7 Å². The fourth-order valence-corrected chi connectivity index (χ4v) is 3.05. The Morgan fingerprint density at radius 2 is 1.95 bits per heavy atom. The van der Waals surface area contributed by atoms with E-state index < -0.39 is 11.2 Å². The number of amides is 1. The summed E-state index contributed by atoms with van der Waals surface area (Å²) >= 11 is 0. The van der Waals surface area contributed by atoms with Crippen LogP contribution in [-0.4, -0.2) is 41.5 Å². The molecule has 0 bridgehead atoms. The predicted molar refractivity (Wildman–Crippen MR) is 72.9 cm³/mol. The van der Waals surface area contributed by atoms with Crippen LogP contribution in [0.4, 0.5) is 4.79 Å². The Hall–Kier alpha value is -0.810. The molecule has 19 heavy (non-hydrogen) atoms. The number of carbonyl (C=O) groups excluding carboxylic acids is 1. The monoisotopic (exact) mass is 270 g/mol. The molecule has 0 aromatic rings. The first kappa shape index (κ1) is 14.6. The molecule has 0 aromatic heterocycles. The minimum absolute atomic E-state index is 0.0238. The lowest BCUT2D eigenvalue weighted by molar-refractivity contribution is -0.0837. The second-order valence-electron chi connectivity index (χ2n) is 6.85. The Balaban J connectivity index is 1.94. The van der Waals surface area contributed by atoms with E-state index in [1.807, 2.05) is 20.8 Å². The van der Waals surface area contributed by atoms with Gasteiger partial charge in [0.05, 0.1) is 5.60 Å². The van der Waals surface area contributed by atoms with Crippen molar-refractivity contribution in [3.8, 4) is 0 Å². The first-order chi connectivity index (χ1) is 8.80. The van der Waals surface area contributed by atoms with Crippen LogP contribution in [-0.2, 0) is 4.74 Å². The standard InChI is InChI=1S/C14H26N2O3/c1-13(2,3)19-12(17)16-11-7-5-4-6-10(11)14(18)8-15-9-14/h10-11,15,18H,4-9H2,1-3H3,(H,16,17). The second kappa shape index (κ2) is 5.29. The number of alkyl carbamates (subject to hydrolysis) is 1. The molecule has 0 aromatic carbocycles. The van der Waals surface area contributed by atoms with E-state index in [9.17, 15) is 9.90 Å². The highest BCUT2D eigenvalue weighted by atomic mass is 16.6. The molecule has 1 heterocycles. The number of β-amino-alcohol motifs (C(OH)–C–C–N with tert-alkyl or cyclic N) is 1. The smallest absolute Gasteiger partial charge is 0.407 e. The molecule has 1 aliphatic heterocycles. The summed E-state index contributed by atoms with van der Waals surface area (Å²) in [4.78, 5) is 11.9. The van der Waals surface area contributed by atoms with Gasteiger partial charge in [0.2, 0.25) is 0 Å². The van der Waals surface area contributed by atoms with Gasteiger partial charge in [-0.15, -0.1) is 0 Å². The quantitative estimate of drug-likeness (QED) is 0.709. The van der Waals surface area contributed by atoms with Crippen molar-refractivity contribution < 1.29 is 14.6 Å². The van der Waals surface area contributed by atoms with E-state index in [2.05, 4.69) is 10.6 Å². The second-order valence-corrected chi connectivity index (χ2v) is 6.85. The maximum absolute atomic E-state index is 11.9. The number of hydrogen-bond donors (Lipinski definition) is 3. The van der Waals surface area contributed by atoms with Gasteiger partial charge in [-0.1, -0.05) is 12.8 Å². The van der Waals surface area contributed by atoms with E-state index in [4.69, 9.17) is 4.74 Å². The lowest BCUT2D eigenvalue weighted by Gasteiger charge is -2.48. The van der Waals surface area contributed by atoms with Gasteiger partial charge in [-0.25, -0.2) is 4.79 Å². The van der Waals surface area contributed by atoms with Gasteiger partial charge in [-0.05, 0) is 33.6 Å². The maximum Gasteiger partial charge on any atom is 0.407 e. The zero-order valence-electron chi connectivity index (χ0n) is 12.2. The van der Waals surface area contributed by atoms with Gasteiger partial charge >= 0.3 is 6.09 Å². The summed E-state index contributed by atoms with van der Waals surface area (Å²) in [5, 5.41) is 16.6. The van der Waals surface area contributed by atoms with E-state index in [0.29, 0.717) is 13.1 Å². The van der Waals surface area contributed by atoms with Crippen molar-refractivity contribution in [2.75, 3.05) is 13.1 Å². The Morgan fingerprint density at radius 1 is 1.32 bits per heavy atom. The molecule has 5 nitrogen and oxygen atoms in total. The third-order valence-electron chi connectivity index (χ3n) is 4.02. The summed E-state index contributed by atoms with van der Waals surface area (Å²) in [6, 6.07) is 0.0238. The van der Waals surface area contributed by atoms with E-state index in [1.165, 1.54) is 0 Å². The number of aliphatic hydroxyl groups is 1. The Labute approximate surface area is 115 Å². The van der Waals surface area contributed by atoms with Gasteiger partial charge < -0.3 is 20.5 Å². The Bertz CT molecular complexity index is 334. The normalized spacial score (nSPS) is 30.3. The molecule has 3 N–H and O–H groups in total. The molecule has 0 spiro atoms. The Kier molecular flexibility index (Phi) is 4.06. The maximum atomic E-state index is 11.9. The molecule has 1 amide bonds. The number of nitrogens with one attached hydrogen (secondary N) is 2. The molecule has 5 heteroatoms. The van der Waals surface area contributed by atoms with Crippen molar-refractivity contribution in [1.82, 2.24) is 10.6 Å². The third-order valence-corrected chi connectivity index (χ3v) is 4.02. The predicted octanol–water partition coefficient (Wildman–Crippen LogP) is 1.40. The van der Waals surface area contributed by atoms with Crippen LogP contribution in [0.25, 0.3) is 0 Å². The Morgan fingerprint density at radius 3 is 2.47 bits per heavy atom. The average Bonchev–Trinajstić information content (AvgIpc) is 2.24. The minimum Gasteiger partial charge on any atom is -0.444 e. The van der Waals surface area contributed by atoms with Crippen LogP contribution in [0.2, 0.25) is 0 Å². The van der Waals surface area contributed by atoms with Crippen LogP contribution >= 0.6 is 0 Å². The molecule has 0 radical (unpaired) electrons. The van der Waals surface area contributed by atoms with Gasteiger partial charge in [0.1, 0.15) is 5.60 Å². The average molecular weight is 270 g/mol. The van der Waals surface area contributed by atoms with Crippen molar-refractivity contribution >= 4 is 6.09 Å². The molecule has 2 rings (SSSR count). The highest BCUT2D eigenvalue weighted by Crippen LogP contribution is 2.35. The molecule has 2 unspecified atom stereocenters. The lowest BCUT2D eigenvalue weighted by Crippen LogP contribution is -2.67. The van der Waals surface area contributed by atoms with Gasteiger partial charge in [0, 0.05) is 25.0 Å². The summed E-state index contributed by atoms with van der Waals surface area (Å²) in [5.41, 5.74) is -1.14. The molecule has 2 atom stereocenters. The topological polar surface area (TPSA) is 70.6 Å².